The molecule has 3 aromatic rings. The van der Waals surface area contributed by atoms with Crippen molar-refractivity contribution in [3.05, 3.63) is 82.9 Å². The minimum atomic E-state index is -0.568. The number of aromatic hydroxyl groups is 5. The van der Waals surface area contributed by atoms with E-state index >= 15 is 0 Å². The highest BCUT2D eigenvalue weighted by Crippen LogP contribution is 2.35. The molecule has 0 aliphatic heterocycles. The second-order valence-corrected chi connectivity index (χ2v) is 8.49. The Balaban J connectivity index is 1.60. The van der Waals surface area contributed by atoms with Gasteiger partial charge >= 0.3 is 0 Å². The molecule has 3 aromatic carbocycles. The molecule has 0 aliphatic carbocycles. The van der Waals surface area contributed by atoms with E-state index in [-0.39, 0.29) is 18.0 Å². The number of benzene rings is 3. The summed E-state index contributed by atoms with van der Waals surface area (Å²) >= 11 is 6.90. The molecule has 6 nitrogen and oxygen atoms in total. The van der Waals surface area contributed by atoms with E-state index < -0.39 is 17.2 Å². The Hall–Kier alpha value is -3.36. The van der Waals surface area contributed by atoms with E-state index in [1.54, 1.807) is 30.0 Å². The predicted molar refractivity (Wildman–Crippen MR) is 131 cm³/mol. The van der Waals surface area contributed by atoms with Crippen LogP contribution in [0.3, 0.4) is 0 Å². The minimum absolute atomic E-state index is 0.129. The van der Waals surface area contributed by atoms with Crippen LogP contribution in [0.4, 0.5) is 0 Å². The Morgan fingerprint density at radius 1 is 0.812 bits per heavy atom. The molecular weight excluding hydrogens is 446 g/mol. The third-order valence-corrected chi connectivity index (χ3v) is 5.92. The van der Waals surface area contributed by atoms with E-state index in [0.717, 1.165) is 5.75 Å². The van der Waals surface area contributed by atoms with Gasteiger partial charge in [0.15, 0.2) is 28.7 Å². The first kappa shape index (κ1) is 23.3. The first-order valence-electron chi connectivity index (χ1n) is 9.69. The first-order chi connectivity index (χ1) is 15.3. The van der Waals surface area contributed by atoms with Crippen LogP contribution in [0.1, 0.15) is 22.3 Å². The van der Waals surface area contributed by atoms with Gasteiger partial charge in [0.2, 0.25) is 0 Å². The van der Waals surface area contributed by atoms with Crippen LogP contribution in [0.25, 0.3) is 6.08 Å². The van der Waals surface area contributed by atoms with E-state index in [1.165, 1.54) is 23.8 Å². The van der Waals surface area contributed by atoms with Gasteiger partial charge in [-0.15, -0.1) is 0 Å². The molecule has 0 spiro atoms. The number of phenolic OH excluding ortho intramolecular Hbond substituents is 5. The Labute approximate surface area is 195 Å². The van der Waals surface area contributed by atoms with Gasteiger partial charge in [0.05, 0.1) is 4.99 Å². The minimum Gasteiger partial charge on any atom is -0.504 e. The zero-order valence-corrected chi connectivity index (χ0v) is 18.7. The average molecular weight is 470 g/mol. The molecule has 0 saturated heterocycles. The lowest BCUT2D eigenvalue weighted by Crippen LogP contribution is -2.18. The molecule has 0 unspecified atom stereocenters. The van der Waals surface area contributed by atoms with Crippen molar-refractivity contribution in [2.24, 2.45) is 0 Å². The third kappa shape index (κ3) is 6.32. The van der Waals surface area contributed by atoms with E-state index in [1.807, 2.05) is 30.3 Å². The summed E-state index contributed by atoms with van der Waals surface area (Å²) in [5.41, 5.74) is 3.02. The maximum absolute atomic E-state index is 10.2. The molecule has 0 aliphatic rings. The van der Waals surface area contributed by atoms with Crippen molar-refractivity contribution in [1.29, 1.82) is 0 Å². The fourth-order valence-electron chi connectivity index (χ4n) is 2.94. The highest BCUT2D eigenvalue weighted by molar-refractivity contribution is 7.97. The largest absolute Gasteiger partial charge is 0.504 e. The molecule has 0 radical (unpaired) electrons. The lowest BCUT2D eigenvalue weighted by Gasteiger charge is -2.09. The first-order valence-corrected chi connectivity index (χ1v) is 11.3. The van der Waals surface area contributed by atoms with Crippen molar-refractivity contribution < 1.29 is 25.5 Å². The summed E-state index contributed by atoms with van der Waals surface area (Å²) in [6, 6.07) is 15.9. The van der Waals surface area contributed by atoms with E-state index in [4.69, 9.17) is 12.2 Å². The molecule has 0 aromatic heterocycles. The fourth-order valence-corrected chi connectivity index (χ4v) is 4.05. The Bertz CT molecular complexity index is 1110. The lowest BCUT2D eigenvalue weighted by molar-refractivity contribution is 0.367. The lowest BCUT2D eigenvalue weighted by atomic mass is 10.1. The third-order valence-electron chi connectivity index (χ3n) is 4.58. The van der Waals surface area contributed by atoms with Crippen molar-refractivity contribution in [2.75, 3.05) is 0 Å². The zero-order chi connectivity index (χ0) is 23.1. The number of thioether (sulfide) groups is 1. The molecule has 0 atom stereocenters. The highest BCUT2D eigenvalue weighted by atomic mass is 32.2. The number of hydrogen-bond donors (Lipinski definition) is 6. The quantitative estimate of drug-likeness (QED) is 0.159. The van der Waals surface area contributed by atoms with Gasteiger partial charge in [-0.3, -0.25) is 0 Å². The number of rotatable bonds is 8. The molecular formula is C24H23NO5S2. The molecule has 0 heterocycles. The summed E-state index contributed by atoms with van der Waals surface area (Å²) in [6.07, 6.45) is 3.35. The average Bonchev–Trinajstić information content (AvgIpc) is 2.78. The molecule has 0 saturated carbocycles. The summed E-state index contributed by atoms with van der Waals surface area (Å²) in [4.78, 5) is 0.393. The molecule has 0 bridgehead atoms. The molecule has 8 heteroatoms. The monoisotopic (exact) mass is 469 g/mol. The number of thiocarbonyl (C=S) groups is 1. The molecule has 3 rings (SSSR count). The van der Waals surface area contributed by atoms with E-state index in [2.05, 4.69) is 5.32 Å². The van der Waals surface area contributed by atoms with Crippen LogP contribution >= 0.6 is 24.0 Å². The van der Waals surface area contributed by atoms with Gasteiger partial charge in [0.25, 0.3) is 0 Å². The number of hydrogen-bond acceptors (Lipinski definition) is 7. The van der Waals surface area contributed by atoms with Gasteiger partial charge < -0.3 is 30.8 Å². The second kappa shape index (κ2) is 10.8. The number of phenols is 5. The standard InChI is InChI=1S/C24H23NO5S2/c26-19-9-16(8-18(23(19)29)14-32-13-15-4-2-1-3-5-15)6-7-22(31)25-12-17-10-20(27)24(30)21(28)11-17/h1-11,26-30H,12-14H2,(H,25,31)/b7-6+. The maximum atomic E-state index is 10.2. The van der Waals surface area contributed by atoms with Crippen LogP contribution in [0.15, 0.2) is 60.7 Å². The van der Waals surface area contributed by atoms with Crippen molar-refractivity contribution in [1.82, 2.24) is 5.32 Å². The zero-order valence-electron chi connectivity index (χ0n) is 17.0. The maximum Gasteiger partial charge on any atom is 0.200 e. The van der Waals surface area contributed by atoms with Gasteiger partial charge in [-0.05, 0) is 47.0 Å². The van der Waals surface area contributed by atoms with Crippen molar-refractivity contribution in [3.8, 4) is 28.7 Å². The SMILES string of the molecule is Oc1cc(CNC(=S)/C=C/c2cc(O)c(O)c(CSCc3ccccc3)c2)cc(O)c1O. The van der Waals surface area contributed by atoms with Crippen LogP contribution in [-0.2, 0) is 18.1 Å². The fraction of sp³-hybridized carbons (Fsp3) is 0.125. The second-order valence-electron chi connectivity index (χ2n) is 7.06. The van der Waals surface area contributed by atoms with Gasteiger partial charge in [-0.25, -0.2) is 0 Å². The molecule has 166 valence electrons. The topological polar surface area (TPSA) is 113 Å². The Morgan fingerprint density at radius 2 is 1.47 bits per heavy atom. The van der Waals surface area contributed by atoms with Crippen LogP contribution in [-0.4, -0.2) is 30.5 Å². The molecule has 32 heavy (non-hydrogen) atoms. The van der Waals surface area contributed by atoms with Crippen LogP contribution in [0.5, 0.6) is 28.7 Å². The highest BCUT2D eigenvalue weighted by Gasteiger charge is 2.10. The van der Waals surface area contributed by atoms with Crippen molar-refractivity contribution in [2.45, 2.75) is 18.1 Å². The Morgan fingerprint density at radius 3 is 2.16 bits per heavy atom. The molecule has 6 N–H and O–H groups in total. The van der Waals surface area contributed by atoms with Crippen LogP contribution in [0, 0.1) is 0 Å². The summed E-state index contributed by atoms with van der Waals surface area (Å²) in [6.45, 7) is 0.229. The van der Waals surface area contributed by atoms with Gasteiger partial charge in [-0.2, -0.15) is 11.8 Å². The van der Waals surface area contributed by atoms with E-state index in [9.17, 15) is 25.5 Å². The number of nitrogens with one attached hydrogen (secondary N) is 1. The van der Waals surface area contributed by atoms with Crippen LogP contribution < -0.4 is 5.32 Å². The Kier molecular flexibility index (Phi) is 7.86. The normalized spacial score (nSPS) is 11.0. The van der Waals surface area contributed by atoms with Gasteiger partial charge in [-0.1, -0.05) is 48.6 Å². The molecule has 0 amide bonds. The molecule has 0 fully saturated rings. The summed E-state index contributed by atoms with van der Waals surface area (Å²) in [5.74, 6) is -0.405. The van der Waals surface area contributed by atoms with Gasteiger partial charge in [0, 0.05) is 23.6 Å². The summed E-state index contributed by atoms with van der Waals surface area (Å²) in [7, 11) is 0. The summed E-state index contributed by atoms with van der Waals surface area (Å²) < 4.78 is 0. The van der Waals surface area contributed by atoms with Crippen molar-refractivity contribution >= 4 is 35.0 Å². The summed E-state index contributed by atoms with van der Waals surface area (Å²) in [5, 5.41) is 51.8. The van der Waals surface area contributed by atoms with E-state index in [0.29, 0.717) is 27.4 Å². The van der Waals surface area contributed by atoms with Crippen molar-refractivity contribution in [3.63, 3.8) is 0 Å². The van der Waals surface area contributed by atoms with Gasteiger partial charge in [0.1, 0.15) is 0 Å². The predicted octanol–water partition coefficient (Wildman–Crippen LogP) is 4.78. The van der Waals surface area contributed by atoms with Crippen LogP contribution in [0.2, 0.25) is 0 Å². The smallest absolute Gasteiger partial charge is 0.200 e.